The third-order valence-corrected chi connectivity index (χ3v) is 3.15. The van der Waals surface area contributed by atoms with Crippen molar-refractivity contribution in [1.29, 1.82) is 0 Å². The van der Waals surface area contributed by atoms with Crippen LogP contribution < -0.4 is 5.32 Å². The summed E-state index contributed by atoms with van der Waals surface area (Å²) in [7, 11) is 1.97. The second-order valence-corrected chi connectivity index (χ2v) is 4.62. The molecule has 0 saturated heterocycles. The average molecular weight is 246 g/mol. The second-order valence-electron chi connectivity index (χ2n) is 4.18. The van der Waals surface area contributed by atoms with Gasteiger partial charge in [0.15, 0.2) is 0 Å². The summed E-state index contributed by atoms with van der Waals surface area (Å²) >= 11 is 5.91. The van der Waals surface area contributed by atoms with Crippen molar-refractivity contribution in [2.45, 2.75) is 13.0 Å². The molecule has 0 fully saturated rings. The van der Waals surface area contributed by atoms with Crippen molar-refractivity contribution in [3.63, 3.8) is 0 Å². The molecule has 0 bridgehead atoms. The molecule has 0 amide bonds. The van der Waals surface area contributed by atoms with Crippen molar-refractivity contribution in [1.82, 2.24) is 5.32 Å². The molecule has 2 heteroatoms. The van der Waals surface area contributed by atoms with Gasteiger partial charge in [0, 0.05) is 5.02 Å². The topological polar surface area (TPSA) is 12.0 Å². The standard InChI is InChI=1S/C15H16ClN/c1-11-3-5-12(6-4-11)15(17-2)13-7-9-14(16)10-8-13/h3-10,15,17H,1-2H3. The number of nitrogens with one attached hydrogen (secondary N) is 1. The molecule has 1 unspecified atom stereocenters. The number of halogens is 1. The van der Waals surface area contributed by atoms with Gasteiger partial charge in [0.2, 0.25) is 0 Å². The van der Waals surface area contributed by atoms with Crippen molar-refractivity contribution in [2.75, 3.05) is 7.05 Å². The minimum Gasteiger partial charge on any atom is -0.309 e. The van der Waals surface area contributed by atoms with E-state index in [1.54, 1.807) is 0 Å². The molecule has 17 heavy (non-hydrogen) atoms. The van der Waals surface area contributed by atoms with Crippen LogP contribution in [0.5, 0.6) is 0 Å². The Balaban J connectivity index is 2.33. The zero-order valence-corrected chi connectivity index (χ0v) is 10.8. The number of hydrogen-bond acceptors (Lipinski definition) is 1. The summed E-state index contributed by atoms with van der Waals surface area (Å²) in [5.74, 6) is 0. The Bertz CT molecular complexity index is 428. The van der Waals surface area contributed by atoms with Gasteiger partial charge in [0.1, 0.15) is 0 Å². The SMILES string of the molecule is CNC(c1ccc(C)cc1)c1ccc(Cl)cc1. The van der Waals surface area contributed by atoms with Gasteiger partial charge in [-0.25, -0.2) is 0 Å². The number of benzene rings is 2. The fraction of sp³-hybridized carbons (Fsp3) is 0.200. The molecule has 0 aliphatic rings. The Hall–Kier alpha value is -1.31. The van der Waals surface area contributed by atoms with E-state index in [1.165, 1.54) is 16.7 Å². The fourth-order valence-corrected chi connectivity index (χ4v) is 2.07. The van der Waals surface area contributed by atoms with Crippen LogP contribution in [0.1, 0.15) is 22.7 Å². The van der Waals surface area contributed by atoms with Crippen molar-refractivity contribution >= 4 is 11.6 Å². The molecular weight excluding hydrogens is 230 g/mol. The van der Waals surface area contributed by atoms with E-state index in [0.717, 1.165) is 5.02 Å². The summed E-state index contributed by atoms with van der Waals surface area (Å²) in [6, 6.07) is 16.8. The predicted molar refractivity (Wildman–Crippen MR) is 73.5 cm³/mol. The normalized spacial score (nSPS) is 12.4. The van der Waals surface area contributed by atoms with Crippen molar-refractivity contribution < 1.29 is 0 Å². The molecule has 0 spiro atoms. The number of aryl methyl sites for hydroxylation is 1. The monoisotopic (exact) mass is 245 g/mol. The average Bonchev–Trinajstić information content (AvgIpc) is 2.35. The van der Waals surface area contributed by atoms with E-state index in [-0.39, 0.29) is 6.04 Å². The zero-order chi connectivity index (χ0) is 12.3. The third-order valence-electron chi connectivity index (χ3n) is 2.90. The highest BCUT2D eigenvalue weighted by atomic mass is 35.5. The Morgan fingerprint density at radius 3 is 1.82 bits per heavy atom. The molecule has 0 saturated carbocycles. The van der Waals surface area contributed by atoms with E-state index in [1.807, 2.05) is 19.2 Å². The first-order valence-electron chi connectivity index (χ1n) is 5.70. The molecule has 1 atom stereocenters. The molecule has 2 aromatic carbocycles. The maximum atomic E-state index is 5.91. The first kappa shape index (κ1) is 12.2. The minimum absolute atomic E-state index is 0.216. The van der Waals surface area contributed by atoms with Crippen molar-refractivity contribution in [3.8, 4) is 0 Å². The van der Waals surface area contributed by atoms with Crippen LogP contribution in [0, 0.1) is 6.92 Å². The number of hydrogen-bond donors (Lipinski definition) is 1. The summed E-state index contributed by atoms with van der Waals surface area (Å²) in [6.07, 6.45) is 0. The van der Waals surface area contributed by atoms with E-state index in [0.29, 0.717) is 0 Å². The second kappa shape index (κ2) is 5.35. The molecule has 1 nitrogen and oxygen atoms in total. The Morgan fingerprint density at radius 2 is 1.35 bits per heavy atom. The van der Waals surface area contributed by atoms with Gasteiger partial charge >= 0.3 is 0 Å². The van der Waals surface area contributed by atoms with Crippen molar-refractivity contribution in [2.24, 2.45) is 0 Å². The van der Waals surface area contributed by atoms with Crippen LogP contribution in [0.15, 0.2) is 48.5 Å². The van der Waals surface area contributed by atoms with Crippen LogP contribution >= 0.6 is 11.6 Å². The fourth-order valence-electron chi connectivity index (χ4n) is 1.94. The molecular formula is C15H16ClN. The van der Waals surface area contributed by atoms with Crippen LogP contribution in [0.3, 0.4) is 0 Å². The molecule has 0 aliphatic carbocycles. The van der Waals surface area contributed by atoms with Crippen LogP contribution in [-0.2, 0) is 0 Å². The highest BCUT2D eigenvalue weighted by molar-refractivity contribution is 6.30. The van der Waals surface area contributed by atoms with Gasteiger partial charge in [-0.05, 0) is 37.2 Å². The maximum absolute atomic E-state index is 5.91. The summed E-state index contributed by atoms with van der Waals surface area (Å²) in [6.45, 7) is 2.10. The molecule has 0 radical (unpaired) electrons. The van der Waals surface area contributed by atoms with E-state index in [2.05, 4.69) is 48.6 Å². The quantitative estimate of drug-likeness (QED) is 0.863. The summed E-state index contributed by atoms with van der Waals surface area (Å²) < 4.78 is 0. The number of rotatable bonds is 3. The molecule has 0 aromatic heterocycles. The molecule has 0 aliphatic heterocycles. The Kier molecular flexibility index (Phi) is 3.82. The summed E-state index contributed by atoms with van der Waals surface area (Å²) in [5, 5.41) is 4.10. The van der Waals surface area contributed by atoms with E-state index in [4.69, 9.17) is 11.6 Å². The third kappa shape index (κ3) is 2.87. The maximum Gasteiger partial charge on any atom is 0.0574 e. The van der Waals surface area contributed by atoms with Gasteiger partial charge in [-0.15, -0.1) is 0 Å². The van der Waals surface area contributed by atoms with Gasteiger partial charge in [-0.1, -0.05) is 53.6 Å². The predicted octanol–water partition coefficient (Wildman–Crippen LogP) is 3.96. The first-order valence-corrected chi connectivity index (χ1v) is 6.08. The lowest BCUT2D eigenvalue weighted by Gasteiger charge is -2.17. The minimum atomic E-state index is 0.216. The Labute approximate surface area is 107 Å². The van der Waals surface area contributed by atoms with Gasteiger partial charge < -0.3 is 5.32 Å². The first-order chi connectivity index (χ1) is 8.20. The van der Waals surface area contributed by atoms with E-state index >= 15 is 0 Å². The van der Waals surface area contributed by atoms with Gasteiger partial charge in [-0.2, -0.15) is 0 Å². The molecule has 88 valence electrons. The highest BCUT2D eigenvalue weighted by Gasteiger charge is 2.10. The lowest BCUT2D eigenvalue weighted by Crippen LogP contribution is -2.17. The largest absolute Gasteiger partial charge is 0.309 e. The van der Waals surface area contributed by atoms with Crippen molar-refractivity contribution in [3.05, 3.63) is 70.2 Å². The lowest BCUT2D eigenvalue weighted by atomic mass is 9.98. The van der Waals surface area contributed by atoms with Crippen LogP contribution in [-0.4, -0.2) is 7.05 Å². The van der Waals surface area contributed by atoms with Gasteiger partial charge in [0.25, 0.3) is 0 Å². The smallest absolute Gasteiger partial charge is 0.0574 e. The summed E-state index contributed by atoms with van der Waals surface area (Å²) in [5.41, 5.74) is 3.76. The molecule has 0 heterocycles. The zero-order valence-electron chi connectivity index (χ0n) is 10.1. The van der Waals surface area contributed by atoms with Gasteiger partial charge in [-0.3, -0.25) is 0 Å². The lowest BCUT2D eigenvalue weighted by molar-refractivity contribution is 0.692. The molecule has 1 N–H and O–H groups in total. The van der Waals surface area contributed by atoms with Crippen LogP contribution in [0.25, 0.3) is 0 Å². The Morgan fingerprint density at radius 1 is 0.882 bits per heavy atom. The van der Waals surface area contributed by atoms with Crippen LogP contribution in [0.4, 0.5) is 0 Å². The van der Waals surface area contributed by atoms with E-state index < -0.39 is 0 Å². The molecule has 2 aromatic rings. The van der Waals surface area contributed by atoms with Gasteiger partial charge in [0.05, 0.1) is 6.04 Å². The highest BCUT2D eigenvalue weighted by Crippen LogP contribution is 2.23. The molecule has 2 rings (SSSR count). The van der Waals surface area contributed by atoms with E-state index in [9.17, 15) is 0 Å². The van der Waals surface area contributed by atoms with Crippen LogP contribution in [0.2, 0.25) is 5.02 Å². The summed E-state index contributed by atoms with van der Waals surface area (Å²) in [4.78, 5) is 0.